The Labute approximate surface area is 69.5 Å². The number of rotatable bonds is 0. The third-order valence-electron chi connectivity index (χ3n) is 3.02. The van der Waals surface area contributed by atoms with Gasteiger partial charge in [0, 0.05) is 0 Å². The van der Waals surface area contributed by atoms with E-state index in [1.54, 1.807) is 4.90 Å². The smallest absolute Gasteiger partial charge is 0.292 e. The van der Waals surface area contributed by atoms with Gasteiger partial charge in [0.05, 0.1) is 0 Å². The molecule has 3 fully saturated rings. The summed E-state index contributed by atoms with van der Waals surface area (Å²) in [5.74, 6) is 0.335. The summed E-state index contributed by atoms with van der Waals surface area (Å²) < 4.78 is 37.1. The minimum atomic E-state index is -4.00. The molecule has 3 heterocycles. The van der Waals surface area contributed by atoms with E-state index in [4.69, 9.17) is 0 Å². The van der Waals surface area contributed by atoms with E-state index in [2.05, 4.69) is 0 Å². The Kier molecular flexibility index (Phi) is 1.82. The van der Waals surface area contributed by atoms with E-state index >= 15 is 0 Å². The molecule has 3 saturated heterocycles. The van der Waals surface area contributed by atoms with Gasteiger partial charge in [-0.15, -0.1) is 0 Å². The van der Waals surface area contributed by atoms with E-state index in [0.29, 0.717) is 25.4 Å². The quantitative estimate of drug-likeness (QED) is 0.550. The highest BCUT2D eigenvalue weighted by atomic mass is 19.4. The van der Waals surface area contributed by atoms with Crippen LogP contribution in [0.15, 0.2) is 0 Å². The van der Waals surface area contributed by atoms with Crippen LogP contribution in [0.4, 0.5) is 13.2 Å². The molecule has 0 aromatic carbocycles. The summed E-state index contributed by atoms with van der Waals surface area (Å²) in [6.45, 7) is 1.30. The van der Waals surface area contributed by atoms with Gasteiger partial charge in [-0.2, -0.15) is 13.2 Å². The number of alkyl halides is 3. The first-order valence-corrected chi connectivity index (χ1v) is 4.38. The third kappa shape index (κ3) is 1.32. The monoisotopic (exact) mass is 179 g/mol. The Balaban J connectivity index is 2.09. The van der Waals surface area contributed by atoms with Crippen LogP contribution in [0, 0.1) is 5.92 Å². The molecular weight excluding hydrogens is 167 g/mol. The molecule has 70 valence electrons. The molecule has 0 amide bonds. The van der Waals surface area contributed by atoms with E-state index < -0.39 is 12.2 Å². The lowest BCUT2D eigenvalue weighted by Gasteiger charge is -2.45. The predicted molar refractivity (Wildman–Crippen MR) is 38.8 cm³/mol. The number of piperidine rings is 3. The van der Waals surface area contributed by atoms with E-state index in [1.165, 1.54) is 0 Å². The first-order chi connectivity index (χ1) is 5.57. The maximum Gasteiger partial charge on any atom is 0.404 e. The van der Waals surface area contributed by atoms with Gasteiger partial charge in [-0.25, -0.2) is 0 Å². The van der Waals surface area contributed by atoms with E-state index in [9.17, 15) is 13.2 Å². The van der Waals surface area contributed by atoms with E-state index in [1.807, 2.05) is 0 Å². The van der Waals surface area contributed by atoms with Crippen molar-refractivity contribution in [1.82, 2.24) is 4.90 Å². The van der Waals surface area contributed by atoms with Gasteiger partial charge in [-0.05, 0) is 38.3 Å². The predicted octanol–water partition coefficient (Wildman–Crippen LogP) is 2.03. The van der Waals surface area contributed by atoms with Crippen LogP contribution in [0.1, 0.15) is 19.3 Å². The van der Waals surface area contributed by atoms with Crippen LogP contribution < -0.4 is 0 Å². The molecule has 0 N–H and O–H groups in total. The van der Waals surface area contributed by atoms with Crippen molar-refractivity contribution in [3.05, 3.63) is 0 Å². The Bertz CT molecular complexity index is 170. The van der Waals surface area contributed by atoms with Crippen LogP contribution in [0.3, 0.4) is 0 Å². The second kappa shape index (κ2) is 2.62. The van der Waals surface area contributed by atoms with Crippen LogP contribution in [0.5, 0.6) is 0 Å². The van der Waals surface area contributed by atoms with Crippen molar-refractivity contribution in [3.8, 4) is 0 Å². The standard InChI is InChI=1S/C8H12F3N/c9-8(10,11)7-5-6-1-3-12(7)4-2-6/h6-7H,1-5H2. The second-order valence-electron chi connectivity index (χ2n) is 3.77. The summed E-state index contributed by atoms with van der Waals surface area (Å²) in [6, 6.07) is -1.13. The number of hydrogen-bond acceptors (Lipinski definition) is 1. The molecule has 0 aromatic heterocycles. The van der Waals surface area contributed by atoms with Crippen molar-refractivity contribution in [3.63, 3.8) is 0 Å². The van der Waals surface area contributed by atoms with Gasteiger partial charge >= 0.3 is 6.18 Å². The Morgan fingerprint density at radius 3 is 1.92 bits per heavy atom. The molecule has 3 rings (SSSR count). The van der Waals surface area contributed by atoms with Crippen LogP contribution >= 0.6 is 0 Å². The van der Waals surface area contributed by atoms with Gasteiger partial charge in [-0.3, -0.25) is 4.90 Å². The first-order valence-electron chi connectivity index (χ1n) is 4.38. The van der Waals surface area contributed by atoms with Crippen molar-refractivity contribution >= 4 is 0 Å². The zero-order valence-corrected chi connectivity index (χ0v) is 6.77. The number of fused-ring (bicyclic) bond motifs is 3. The minimum absolute atomic E-state index is 0.335. The van der Waals surface area contributed by atoms with Crippen LogP contribution in [0.25, 0.3) is 0 Å². The molecular formula is C8H12F3N. The largest absolute Gasteiger partial charge is 0.404 e. The van der Waals surface area contributed by atoms with Gasteiger partial charge in [-0.1, -0.05) is 0 Å². The molecule has 3 aliphatic rings. The third-order valence-corrected chi connectivity index (χ3v) is 3.02. The molecule has 1 unspecified atom stereocenters. The number of halogens is 3. The van der Waals surface area contributed by atoms with Crippen molar-refractivity contribution < 1.29 is 13.2 Å². The maximum absolute atomic E-state index is 12.4. The van der Waals surface area contributed by atoms with Crippen molar-refractivity contribution in [2.75, 3.05) is 13.1 Å². The highest BCUT2D eigenvalue weighted by Crippen LogP contribution is 2.39. The van der Waals surface area contributed by atoms with Gasteiger partial charge in [0.1, 0.15) is 6.04 Å². The number of hydrogen-bond donors (Lipinski definition) is 0. The molecule has 1 nitrogen and oxygen atoms in total. The molecule has 4 heteroatoms. The van der Waals surface area contributed by atoms with E-state index in [0.717, 1.165) is 12.8 Å². The lowest BCUT2D eigenvalue weighted by molar-refractivity contribution is -0.205. The van der Waals surface area contributed by atoms with Gasteiger partial charge in [0.2, 0.25) is 0 Å². The SMILES string of the molecule is FC(F)(F)C1CC2CCN1CC2. The van der Waals surface area contributed by atoms with Crippen molar-refractivity contribution in [2.45, 2.75) is 31.5 Å². The molecule has 0 aromatic rings. The summed E-state index contributed by atoms with van der Waals surface area (Å²) in [4.78, 5) is 1.58. The highest BCUT2D eigenvalue weighted by molar-refractivity contribution is 4.91. The maximum atomic E-state index is 12.4. The van der Waals surface area contributed by atoms with Crippen LogP contribution in [0.2, 0.25) is 0 Å². The summed E-state index contributed by atoms with van der Waals surface area (Å²) >= 11 is 0. The lowest BCUT2D eigenvalue weighted by Crippen LogP contribution is -2.55. The summed E-state index contributed by atoms with van der Waals surface area (Å²) in [5.41, 5.74) is 0. The van der Waals surface area contributed by atoms with Crippen molar-refractivity contribution in [1.29, 1.82) is 0 Å². The summed E-state index contributed by atoms with van der Waals surface area (Å²) in [5, 5.41) is 0. The highest BCUT2D eigenvalue weighted by Gasteiger charge is 2.48. The molecule has 0 saturated carbocycles. The fraction of sp³-hybridized carbons (Fsp3) is 1.00. The van der Waals surface area contributed by atoms with Crippen LogP contribution in [-0.2, 0) is 0 Å². The fourth-order valence-corrected chi connectivity index (χ4v) is 2.31. The van der Waals surface area contributed by atoms with Gasteiger partial charge in [0.25, 0.3) is 0 Å². The summed E-state index contributed by atoms with van der Waals surface area (Å²) in [6.07, 6.45) is -1.73. The first kappa shape index (κ1) is 8.35. The second-order valence-corrected chi connectivity index (χ2v) is 3.77. The molecule has 3 aliphatic heterocycles. The summed E-state index contributed by atoms with van der Waals surface area (Å²) in [7, 11) is 0. The average molecular weight is 179 g/mol. The topological polar surface area (TPSA) is 3.24 Å². The lowest BCUT2D eigenvalue weighted by atomic mass is 9.83. The molecule has 2 bridgehead atoms. The van der Waals surface area contributed by atoms with E-state index in [-0.39, 0.29) is 0 Å². The van der Waals surface area contributed by atoms with Crippen molar-refractivity contribution in [2.24, 2.45) is 5.92 Å². The zero-order chi connectivity index (χ0) is 8.77. The molecule has 0 radical (unpaired) electrons. The molecule has 1 atom stereocenters. The number of nitrogens with zero attached hydrogens (tertiary/aromatic N) is 1. The molecule has 12 heavy (non-hydrogen) atoms. The zero-order valence-electron chi connectivity index (χ0n) is 6.77. The van der Waals surface area contributed by atoms with Crippen LogP contribution in [-0.4, -0.2) is 30.2 Å². The fourth-order valence-electron chi connectivity index (χ4n) is 2.31. The minimum Gasteiger partial charge on any atom is -0.292 e. The Morgan fingerprint density at radius 2 is 1.67 bits per heavy atom. The van der Waals surface area contributed by atoms with Gasteiger partial charge in [0.15, 0.2) is 0 Å². The Morgan fingerprint density at radius 1 is 1.08 bits per heavy atom. The molecule has 0 aliphatic carbocycles. The molecule has 0 spiro atoms. The average Bonchev–Trinajstić information content (AvgIpc) is 2.05. The van der Waals surface area contributed by atoms with Gasteiger partial charge < -0.3 is 0 Å². The normalized spacial score (nSPS) is 41.8. The Hall–Kier alpha value is -0.250.